The SMILES string of the molecule is COc1ccc(C(=O)NCC(C)(C(=O)O)c2ccccc2)c(OCC2CC2)c1. The molecule has 1 unspecified atom stereocenters. The maximum absolute atomic E-state index is 12.8. The number of hydrogen-bond donors (Lipinski definition) is 2. The molecule has 0 bridgehead atoms. The summed E-state index contributed by atoms with van der Waals surface area (Å²) in [4.78, 5) is 24.7. The van der Waals surface area contributed by atoms with E-state index in [1.165, 1.54) is 0 Å². The van der Waals surface area contributed by atoms with Gasteiger partial charge in [-0.25, -0.2) is 0 Å². The Morgan fingerprint density at radius 3 is 2.50 bits per heavy atom. The van der Waals surface area contributed by atoms with Crippen molar-refractivity contribution in [3.05, 3.63) is 59.7 Å². The fraction of sp³-hybridized carbons (Fsp3) is 0.364. The first-order valence-corrected chi connectivity index (χ1v) is 9.32. The summed E-state index contributed by atoms with van der Waals surface area (Å²) in [5.41, 5.74) is -0.247. The van der Waals surface area contributed by atoms with Crippen LogP contribution < -0.4 is 14.8 Å². The number of rotatable bonds is 9. The van der Waals surface area contributed by atoms with Crippen LogP contribution in [0.25, 0.3) is 0 Å². The topological polar surface area (TPSA) is 84.9 Å². The van der Waals surface area contributed by atoms with Crippen LogP contribution in [-0.4, -0.2) is 37.2 Å². The van der Waals surface area contributed by atoms with Crippen molar-refractivity contribution in [1.82, 2.24) is 5.32 Å². The predicted molar refractivity (Wildman–Crippen MR) is 105 cm³/mol. The van der Waals surface area contributed by atoms with Crippen molar-refractivity contribution in [2.75, 3.05) is 20.3 Å². The van der Waals surface area contributed by atoms with Gasteiger partial charge in [0.05, 0.1) is 19.3 Å². The molecule has 2 aromatic carbocycles. The third-order valence-corrected chi connectivity index (χ3v) is 5.09. The van der Waals surface area contributed by atoms with E-state index in [2.05, 4.69) is 5.32 Å². The van der Waals surface area contributed by atoms with Gasteiger partial charge in [0.2, 0.25) is 0 Å². The fourth-order valence-corrected chi connectivity index (χ4v) is 2.89. The molecular weight excluding hydrogens is 358 g/mol. The Bertz CT molecular complexity index is 847. The molecule has 2 N–H and O–H groups in total. The Morgan fingerprint density at radius 1 is 1.18 bits per heavy atom. The quantitative estimate of drug-likeness (QED) is 0.694. The first-order chi connectivity index (χ1) is 13.4. The van der Waals surface area contributed by atoms with Crippen molar-refractivity contribution < 1.29 is 24.2 Å². The maximum atomic E-state index is 12.8. The van der Waals surface area contributed by atoms with Crippen molar-refractivity contribution in [2.24, 2.45) is 5.92 Å². The van der Waals surface area contributed by atoms with Crippen LogP contribution in [0, 0.1) is 5.92 Å². The average molecular weight is 383 g/mol. The number of carboxylic acids is 1. The Morgan fingerprint density at radius 2 is 1.89 bits per heavy atom. The number of carboxylic acid groups (broad SMARTS) is 1. The van der Waals surface area contributed by atoms with E-state index >= 15 is 0 Å². The molecule has 6 heteroatoms. The molecule has 0 heterocycles. The number of aliphatic carboxylic acids is 1. The highest BCUT2D eigenvalue weighted by atomic mass is 16.5. The Balaban J connectivity index is 1.77. The lowest BCUT2D eigenvalue weighted by atomic mass is 9.82. The lowest BCUT2D eigenvalue weighted by molar-refractivity contribution is -0.142. The highest BCUT2D eigenvalue weighted by Gasteiger charge is 2.36. The molecule has 3 rings (SSSR count). The molecule has 6 nitrogen and oxygen atoms in total. The number of amides is 1. The predicted octanol–water partition coefficient (Wildman–Crippen LogP) is 3.26. The minimum atomic E-state index is -1.24. The molecule has 0 saturated heterocycles. The molecule has 2 aromatic rings. The summed E-state index contributed by atoms with van der Waals surface area (Å²) >= 11 is 0. The van der Waals surface area contributed by atoms with Crippen molar-refractivity contribution in [2.45, 2.75) is 25.2 Å². The number of hydrogen-bond acceptors (Lipinski definition) is 4. The standard InChI is InChI=1S/C22H25NO5/c1-22(21(25)26,16-6-4-3-5-7-16)14-23-20(24)18-11-10-17(27-2)12-19(18)28-13-15-8-9-15/h3-7,10-12,15H,8-9,13-14H2,1-2H3,(H,23,24)(H,25,26). The molecule has 1 saturated carbocycles. The average Bonchev–Trinajstić information content (AvgIpc) is 3.55. The van der Waals surface area contributed by atoms with Gasteiger partial charge in [-0.3, -0.25) is 9.59 Å². The zero-order valence-corrected chi connectivity index (χ0v) is 16.1. The van der Waals surface area contributed by atoms with Crippen molar-refractivity contribution >= 4 is 11.9 Å². The first-order valence-electron chi connectivity index (χ1n) is 9.32. The Hall–Kier alpha value is -3.02. The van der Waals surface area contributed by atoms with E-state index in [9.17, 15) is 14.7 Å². The van der Waals surface area contributed by atoms with Crippen LogP contribution in [-0.2, 0) is 10.2 Å². The lowest BCUT2D eigenvalue weighted by Crippen LogP contribution is -2.44. The van der Waals surface area contributed by atoms with Crippen molar-refractivity contribution in [1.29, 1.82) is 0 Å². The summed E-state index contributed by atoms with van der Waals surface area (Å²) in [5.74, 6) is 0.203. The van der Waals surface area contributed by atoms with Gasteiger partial charge in [-0.2, -0.15) is 0 Å². The van der Waals surface area contributed by atoms with E-state index < -0.39 is 11.4 Å². The van der Waals surface area contributed by atoms with Gasteiger partial charge < -0.3 is 19.9 Å². The second-order valence-electron chi connectivity index (χ2n) is 7.30. The van der Waals surface area contributed by atoms with Gasteiger partial charge in [-0.1, -0.05) is 30.3 Å². The van der Waals surface area contributed by atoms with Gasteiger partial charge >= 0.3 is 5.97 Å². The third-order valence-electron chi connectivity index (χ3n) is 5.09. The zero-order chi connectivity index (χ0) is 20.1. The summed E-state index contributed by atoms with van der Waals surface area (Å²) in [5, 5.41) is 12.5. The molecule has 28 heavy (non-hydrogen) atoms. The van der Waals surface area contributed by atoms with Crippen LogP contribution in [0.15, 0.2) is 48.5 Å². The number of nitrogens with one attached hydrogen (secondary N) is 1. The Kier molecular flexibility index (Phi) is 5.87. The summed E-state index contributed by atoms with van der Waals surface area (Å²) in [7, 11) is 1.55. The molecule has 0 spiro atoms. The van der Waals surface area contributed by atoms with E-state index in [1.54, 1.807) is 56.5 Å². The van der Waals surface area contributed by atoms with Crippen LogP contribution in [0.2, 0.25) is 0 Å². The number of carbonyl (C=O) groups is 2. The van der Waals surface area contributed by atoms with Gasteiger partial charge in [-0.15, -0.1) is 0 Å². The maximum Gasteiger partial charge on any atom is 0.315 e. The lowest BCUT2D eigenvalue weighted by Gasteiger charge is -2.26. The Labute approximate surface area is 164 Å². The van der Waals surface area contributed by atoms with Crippen LogP contribution in [0.1, 0.15) is 35.7 Å². The van der Waals surface area contributed by atoms with Gasteiger partial charge in [0.15, 0.2) is 0 Å². The minimum Gasteiger partial charge on any atom is -0.497 e. The summed E-state index contributed by atoms with van der Waals surface area (Å²) in [6, 6.07) is 13.9. The molecule has 0 radical (unpaired) electrons. The smallest absolute Gasteiger partial charge is 0.315 e. The first kappa shape index (κ1) is 19.7. The summed E-state index contributed by atoms with van der Waals surface area (Å²) < 4.78 is 11.1. The molecule has 1 aliphatic rings. The van der Waals surface area contributed by atoms with E-state index in [-0.39, 0.29) is 12.5 Å². The minimum absolute atomic E-state index is 0.0424. The van der Waals surface area contributed by atoms with E-state index in [1.807, 2.05) is 6.07 Å². The third kappa shape index (κ3) is 4.44. The normalized spacial score (nSPS) is 15.4. The zero-order valence-electron chi connectivity index (χ0n) is 16.1. The largest absolute Gasteiger partial charge is 0.497 e. The van der Waals surface area contributed by atoms with E-state index in [0.717, 1.165) is 12.8 Å². The highest BCUT2D eigenvalue weighted by Crippen LogP contribution is 2.32. The van der Waals surface area contributed by atoms with Crippen molar-refractivity contribution in [3.63, 3.8) is 0 Å². The fourth-order valence-electron chi connectivity index (χ4n) is 2.89. The molecule has 1 fully saturated rings. The molecular formula is C22H25NO5. The highest BCUT2D eigenvalue weighted by molar-refractivity contribution is 5.97. The van der Waals surface area contributed by atoms with Crippen LogP contribution in [0.4, 0.5) is 0 Å². The second kappa shape index (κ2) is 8.33. The van der Waals surface area contributed by atoms with Crippen LogP contribution in [0.5, 0.6) is 11.5 Å². The van der Waals surface area contributed by atoms with Gasteiger partial charge in [0.1, 0.15) is 16.9 Å². The van der Waals surface area contributed by atoms with Crippen LogP contribution in [0.3, 0.4) is 0 Å². The molecule has 0 aromatic heterocycles. The van der Waals surface area contributed by atoms with Crippen LogP contribution >= 0.6 is 0 Å². The molecule has 1 amide bonds. The van der Waals surface area contributed by atoms with Gasteiger partial charge in [-0.05, 0) is 43.4 Å². The van der Waals surface area contributed by atoms with E-state index in [4.69, 9.17) is 9.47 Å². The number of methoxy groups -OCH3 is 1. The van der Waals surface area contributed by atoms with Gasteiger partial charge in [0.25, 0.3) is 5.91 Å². The molecule has 1 atom stereocenters. The molecule has 148 valence electrons. The second-order valence-corrected chi connectivity index (χ2v) is 7.30. The van der Waals surface area contributed by atoms with Crippen molar-refractivity contribution in [3.8, 4) is 11.5 Å². The van der Waals surface area contributed by atoms with E-state index in [0.29, 0.717) is 35.2 Å². The molecule has 0 aliphatic heterocycles. The summed E-state index contributed by atoms with van der Waals surface area (Å²) in [6.45, 7) is 2.12. The summed E-state index contributed by atoms with van der Waals surface area (Å²) in [6.07, 6.45) is 2.28. The number of ether oxygens (including phenoxy) is 2. The number of benzene rings is 2. The monoisotopic (exact) mass is 383 g/mol. The van der Waals surface area contributed by atoms with Gasteiger partial charge in [0, 0.05) is 12.6 Å². The molecule has 1 aliphatic carbocycles. The number of carbonyl (C=O) groups excluding carboxylic acids is 1.